The first kappa shape index (κ1) is 22.5. The summed E-state index contributed by atoms with van der Waals surface area (Å²) in [5.74, 6) is 1.27. The summed E-state index contributed by atoms with van der Waals surface area (Å²) in [6.07, 6.45) is 2.97. The first-order valence-corrected chi connectivity index (χ1v) is 10.8. The third-order valence-corrected chi connectivity index (χ3v) is 5.79. The van der Waals surface area contributed by atoms with Gasteiger partial charge in [0.25, 0.3) is 0 Å². The minimum absolute atomic E-state index is 0.198. The molecule has 2 N–H and O–H groups in total. The second-order valence-corrected chi connectivity index (χ2v) is 9.61. The molecule has 1 saturated heterocycles. The minimum Gasteiger partial charge on any atom is -0.444 e. The Bertz CT molecular complexity index is 661. The van der Waals surface area contributed by atoms with Crippen molar-refractivity contribution in [2.75, 3.05) is 26.7 Å². The van der Waals surface area contributed by atoms with E-state index >= 15 is 0 Å². The van der Waals surface area contributed by atoms with Crippen LogP contribution >= 0.6 is 11.3 Å². The van der Waals surface area contributed by atoms with Crippen molar-refractivity contribution in [3.63, 3.8) is 0 Å². The second-order valence-electron chi connectivity index (χ2n) is 8.33. The van der Waals surface area contributed by atoms with Gasteiger partial charge in [-0.25, -0.2) is 9.78 Å². The van der Waals surface area contributed by atoms with Crippen LogP contribution in [-0.4, -0.2) is 54.2 Å². The molecule has 1 atom stereocenters. The number of aliphatic imine (C=N–C) groups is 1. The largest absolute Gasteiger partial charge is 0.444 e. The number of aromatic nitrogens is 1. The van der Waals surface area contributed by atoms with Crippen molar-refractivity contribution >= 4 is 23.4 Å². The van der Waals surface area contributed by atoms with Gasteiger partial charge in [0, 0.05) is 31.6 Å². The Hall–Kier alpha value is -1.83. The number of nitrogens with zero attached hydrogens (tertiary/aromatic N) is 3. The third kappa shape index (κ3) is 7.30. The third-order valence-electron chi connectivity index (χ3n) is 4.72. The Morgan fingerprint density at radius 2 is 2.11 bits per heavy atom. The van der Waals surface area contributed by atoms with Gasteiger partial charge < -0.3 is 20.3 Å². The Morgan fingerprint density at radius 3 is 2.71 bits per heavy atom. The van der Waals surface area contributed by atoms with E-state index in [1.54, 1.807) is 18.4 Å². The number of carbonyl (C=O) groups is 1. The number of ether oxygens (including phenoxy) is 1. The van der Waals surface area contributed by atoms with Crippen molar-refractivity contribution in [3.05, 3.63) is 15.6 Å². The Morgan fingerprint density at radius 1 is 1.36 bits per heavy atom. The van der Waals surface area contributed by atoms with Crippen LogP contribution < -0.4 is 10.6 Å². The molecule has 1 aliphatic rings. The van der Waals surface area contributed by atoms with E-state index in [-0.39, 0.29) is 6.09 Å². The number of guanidine groups is 1. The lowest BCUT2D eigenvalue weighted by atomic mass is 9.95. The standard InChI is InChI=1S/C20H35N5O2S/c1-14-15(2)28-17(24-14)12-23-18(21-6)22-10-9-16-8-7-11-25(13-16)19(26)27-20(3,4)5/h16H,7-13H2,1-6H3,(H2,21,22,23). The van der Waals surface area contributed by atoms with Crippen molar-refractivity contribution < 1.29 is 9.53 Å². The summed E-state index contributed by atoms with van der Waals surface area (Å²) in [7, 11) is 1.78. The van der Waals surface area contributed by atoms with E-state index in [9.17, 15) is 4.79 Å². The number of piperidine rings is 1. The molecule has 28 heavy (non-hydrogen) atoms. The van der Waals surface area contributed by atoms with Crippen LogP contribution in [0.5, 0.6) is 0 Å². The van der Waals surface area contributed by atoms with Crippen LogP contribution in [0.2, 0.25) is 0 Å². The summed E-state index contributed by atoms with van der Waals surface area (Å²) in [5.41, 5.74) is 0.648. The molecule has 8 heteroatoms. The topological polar surface area (TPSA) is 78.9 Å². The van der Waals surface area contributed by atoms with Crippen LogP contribution in [0, 0.1) is 19.8 Å². The molecule has 0 radical (unpaired) electrons. The van der Waals surface area contributed by atoms with E-state index < -0.39 is 5.60 Å². The lowest BCUT2D eigenvalue weighted by Crippen LogP contribution is -2.44. The number of thiazole rings is 1. The first-order valence-electron chi connectivity index (χ1n) is 10.0. The van der Waals surface area contributed by atoms with Crippen LogP contribution in [0.15, 0.2) is 4.99 Å². The molecule has 0 aromatic carbocycles. The average Bonchev–Trinajstić information content (AvgIpc) is 2.94. The number of aryl methyl sites for hydroxylation is 2. The smallest absolute Gasteiger partial charge is 0.410 e. The summed E-state index contributed by atoms with van der Waals surface area (Å²) in [4.78, 5) is 24.2. The molecular weight excluding hydrogens is 374 g/mol. The fraction of sp³-hybridized carbons (Fsp3) is 0.750. The van der Waals surface area contributed by atoms with Gasteiger partial charge >= 0.3 is 6.09 Å². The van der Waals surface area contributed by atoms with E-state index in [0.29, 0.717) is 12.5 Å². The van der Waals surface area contributed by atoms with Gasteiger partial charge in [0.2, 0.25) is 0 Å². The fourth-order valence-electron chi connectivity index (χ4n) is 3.18. The summed E-state index contributed by atoms with van der Waals surface area (Å²) in [6.45, 7) is 12.9. The van der Waals surface area contributed by atoms with Gasteiger partial charge in [-0.1, -0.05) is 0 Å². The number of hydrogen-bond donors (Lipinski definition) is 2. The molecule has 1 aliphatic heterocycles. The van der Waals surface area contributed by atoms with E-state index in [0.717, 1.165) is 55.6 Å². The number of hydrogen-bond acceptors (Lipinski definition) is 5. The van der Waals surface area contributed by atoms with Gasteiger partial charge in [0.15, 0.2) is 5.96 Å². The summed E-state index contributed by atoms with van der Waals surface area (Å²) in [6, 6.07) is 0. The van der Waals surface area contributed by atoms with E-state index in [1.165, 1.54) is 4.88 Å². The molecule has 158 valence electrons. The van der Waals surface area contributed by atoms with Crippen LogP contribution in [0.4, 0.5) is 4.79 Å². The summed E-state index contributed by atoms with van der Waals surface area (Å²) < 4.78 is 5.51. The monoisotopic (exact) mass is 409 g/mol. The van der Waals surface area contributed by atoms with Crippen LogP contribution in [0.25, 0.3) is 0 Å². The predicted octanol–water partition coefficient (Wildman–Crippen LogP) is 3.46. The number of rotatable bonds is 5. The molecule has 0 aliphatic carbocycles. The maximum Gasteiger partial charge on any atom is 0.410 e. The highest BCUT2D eigenvalue weighted by Crippen LogP contribution is 2.21. The van der Waals surface area contributed by atoms with Crippen molar-refractivity contribution in [2.45, 2.75) is 66.0 Å². The molecule has 0 bridgehead atoms. The highest BCUT2D eigenvalue weighted by atomic mass is 32.1. The number of amides is 1. The van der Waals surface area contributed by atoms with Crippen molar-refractivity contribution in [1.29, 1.82) is 0 Å². The predicted molar refractivity (Wildman–Crippen MR) is 115 cm³/mol. The van der Waals surface area contributed by atoms with Crippen molar-refractivity contribution in [2.24, 2.45) is 10.9 Å². The van der Waals surface area contributed by atoms with Gasteiger partial charge in [-0.15, -0.1) is 11.3 Å². The maximum absolute atomic E-state index is 12.3. The molecular formula is C20H35N5O2S. The van der Waals surface area contributed by atoms with Gasteiger partial charge in [-0.3, -0.25) is 4.99 Å². The molecule has 7 nitrogen and oxygen atoms in total. The Balaban J connectivity index is 1.72. The molecule has 1 amide bonds. The molecule has 0 saturated carbocycles. The number of likely N-dealkylation sites (tertiary alicyclic amines) is 1. The maximum atomic E-state index is 12.3. The SMILES string of the molecule is CN=C(NCCC1CCCN(C(=O)OC(C)(C)C)C1)NCc1nc(C)c(C)s1. The van der Waals surface area contributed by atoms with Crippen molar-refractivity contribution in [3.8, 4) is 0 Å². The average molecular weight is 410 g/mol. The molecule has 0 spiro atoms. The van der Waals surface area contributed by atoms with E-state index in [4.69, 9.17) is 4.74 Å². The fourth-order valence-corrected chi connectivity index (χ4v) is 4.06. The van der Waals surface area contributed by atoms with Crippen molar-refractivity contribution in [1.82, 2.24) is 20.5 Å². The number of carbonyl (C=O) groups excluding carboxylic acids is 1. The summed E-state index contributed by atoms with van der Waals surface area (Å²) in [5, 5.41) is 7.76. The van der Waals surface area contributed by atoms with E-state index in [1.807, 2.05) is 32.6 Å². The van der Waals surface area contributed by atoms with Gasteiger partial charge in [0.05, 0.1) is 12.2 Å². The lowest BCUT2D eigenvalue weighted by molar-refractivity contribution is 0.0162. The molecule has 2 heterocycles. The normalized spacial score (nSPS) is 18.1. The van der Waals surface area contributed by atoms with Crippen LogP contribution in [0.1, 0.15) is 55.6 Å². The second kappa shape index (κ2) is 10.1. The van der Waals surface area contributed by atoms with Gasteiger partial charge in [-0.05, 0) is 59.8 Å². The minimum atomic E-state index is -0.446. The van der Waals surface area contributed by atoms with E-state index in [2.05, 4.69) is 27.5 Å². The Labute approximate surface area is 173 Å². The lowest BCUT2D eigenvalue weighted by Gasteiger charge is -2.34. The molecule has 1 unspecified atom stereocenters. The molecule has 1 aromatic heterocycles. The zero-order valence-electron chi connectivity index (χ0n) is 18.1. The van der Waals surface area contributed by atoms with Gasteiger partial charge in [0.1, 0.15) is 10.6 Å². The van der Waals surface area contributed by atoms with Gasteiger partial charge in [-0.2, -0.15) is 0 Å². The first-order chi connectivity index (χ1) is 13.2. The zero-order chi connectivity index (χ0) is 20.7. The molecule has 1 aromatic rings. The molecule has 2 rings (SSSR count). The Kier molecular flexibility index (Phi) is 8.10. The van der Waals surface area contributed by atoms with Crippen LogP contribution in [0.3, 0.4) is 0 Å². The molecule has 1 fully saturated rings. The number of nitrogens with one attached hydrogen (secondary N) is 2. The zero-order valence-corrected chi connectivity index (χ0v) is 18.9. The highest BCUT2D eigenvalue weighted by molar-refractivity contribution is 7.11. The quantitative estimate of drug-likeness (QED) is 0.575. The van der Waals surface area contributed by atoms with Crippen LogP contribution in [-0.2, 0) is 11.3 Å². The highest BCUT2D eigenvalue weighted by Gasteiger charge is 2.27. The summed E-state index contributed by atoms with van der Waals surface area (Å²) >= 11 is 1.71.